The van der Waals surface area contributed by atoms with E-state index < -0.39 is 0 Å². The third kappa shape index (κ3) is 5.58. The summed E-state index contributed by atoms with van der Waals surface area (Å²) in [7, 11) is 1.45. The molecule has 0 saturated carbocycles. The van der Waals surface area contributed by atoms with Gasteiger partial charge in [-0.1, -0.05) is 41.0 Å². The van der Waals surface area contributed by atoms with E-state index in [1.165, 1.54) is 7.11 Å². The van der Waals surface area contributed by atoms with E-state index >= 15 is 0 Å². The Bertz CT molecular complexity index is 1320. The number of halogens is 1. The van der Waals surface area contributed by atoms with Crippen molar-refractivity contribution in [2.24, 2.45) is 5.92 Å². The van der Waals surface area contributed by atoms with Crippen molar-refractivity contribution in [2.75, 3.05) is 20.2 Å². The van der Waals surface area contributed by atoms with Gasteiger partial charge in [-0.05, 0) is 80.0 Å². The quantitative estimate of drug-likeness (QED) is 0.276. The second-order valence-electron chi connectivity index (χ2n) is 8.75. The van der Waals surface area contributed by atoms with E-state index in [2.05, 4.69) is 15.0 Å². The van der Waals surface area contributed by atoms with Crippen LogP contribution in [0, 0.1) is 5.92 Å². The third-order valence-electron chi connectivity index (χ3n) is 6.31. The van der Waals surface area contributed by atoms with Crippen molar-refractivity contribution >= 4 is 17.6 Å². The molecular weight excluding hydrogens is 478 g/mol. The predicted molar refractivity (Wildman–Crippen MR) is 137 cm³/mol. The molecule has 184 valence electrons. The Morgan fingerprint density at radius 3 is 2.44 bits per heavy atom. The first-order valence-corrected chi connectivity index (χ1v) is 12.2. The van der Waals surface area contributed by atoms with Crippen molar-refractivity contribution in [2.45, 2.75) is 19.4 Å². The number of para-hydroxylation sites is 1. The smallest absolute Gasteiger partial charge is 0.308 e. The number of rotatable bonds is 7. The zero-order chi connectivity index (χ0) is 24.9. The molecule has 1 aliphatic heterocycles. The number of aromatic nitrogens is 2. The zero-order valence-electron chi connectivity index (χ0n) is 19.9. The van der Waals surface area contributed by atoms with Crippen molar-refractivity contribution in [1.29, 1.82) is 0 Å². The molecule has 5 rings (SSSR count). The summed E-state index contributed by atoms with van der Waals surface area (Å²) in [6.45, 7) is 2.47. The lowest BCUT2D eigenvalue weighted by atomic mass is 9.96. The summed E-state index contributed by atoms with van der Waals surface area (Å²) < 4.78 is 16.2. The Labute approximate surface area is 214 Å². The van der Waals surface area contributed by atoms with Crippen LogP contribution in [0.2, 0.25) is 5.02 Å². The maximum atomic E-state index is 11.7. The van der Waals surface area contributed by atoms with Gasteiger partial charge in [-0.15, -0.1) is 0 Å². The highest BCUT2D eigenvalue weighted by atomic mass is 35.5. The van der Waals surface area contributed by atoms with Crippen LogP contribution in [-0.4, -0.2) is 41.2 Å². The highest BCUT2D eigenvalue weighted by Crippen LogP contribution is 2.31. The molecule has 0 aliphatic carbocycles. The molecule has 0 unspecified atom stereocenters. The number of benzene rings is 3. The Morgan fingerprint density at radius 2 is 1.75 bits per heavy atom. The van der Waals surface area contributed by atoms with Gasteiger partial charge in [0.25, 0.3) is 5.89 Å². The van der Waals surface area contributed by atoms with Crippen LogP contribution in [0.1, 0.15) is 18.4 Å². The molecular formula is C28H26ClN3O4. The summed E-state index contributed by atoms with van der Waals surface area (Å²) in [5.41, 5.74) is 2.60. The summed E-state index contributed by atoms with van der Waals surface area (Å²) in [5, 5.41) is 4.70. The number of hydrogen-bond donors (Lipinski definition) is 0. The van der Waals surface area contributed by atoms with Crippen LogP contribution in [0.25, 0.3) is 22.8 Å². The minimum absolute atomic E-state index is 0.00255. The topological polar surface area (TPSA) is 77.7 Å². The second-order valence-corrected chi connectivity index (χ2v) is 9.16. The number of carbonyl (C=O) groups is 1. The minimum Gasteiger partial charge on any atom is -0.469 e. The van der Waals surface area contributed by atoms with E-state index in [0.29, 0.717) is 22.3 Å². The number of piperidine rings is 1. The Kier molecular flexibility index (Phi) is 7.30. The molecule has 0 amide bonds. The number of hydrogen-bond acceptors (Lipinski definition) is 7. The molecule has 8 heteroatoms. The fourth-order valence-electron chi connectivity index (χ4n) is 4.33. The molecule has 1 aromatic heterocycles. The average Bonchev–Trinajstić information content (AvgIpc) is 3.40. The molecule has 4 aromatic rings. The lowest BCUT2D eigenvalue weighted by molar-refractivity contribution is -0.147. The van der Waals surface area contributed by atoms with Crippen molar-refractivity contribution in [3.8, 4) is 34.3 Å². The Morgan fingerprint density at radius 1 is 1.03 bits per heavy atom. The first-order valence-electron chi connectivity index (χ1n) is 11.8. The van der Waals surface area contributed by atoms with Gasteiger partial charge >= 0.3 is 5.97 Å². The molecule has 0 atom stereocenters. The number of esters is 1. The maximum Gasteiger partial charge on any atom is 0.308 e. The largest absolute Gasteiger partial charge is 0.469 e. The number of methoxy groups -OCH3 is 1. The van der Waals surface area contributed by atoms with Gasteiger partial charge in [0.15, 0.2) is 0 Å². The van der Waals surface area contributed by atoms with Crippen molar-refractivity contribution in [1.82, 2.24) is 15.0 Å². The van der Waals surface area contributed by atoms with Crippen LogP contribution in [0.4, 0.5) is 0 Å². The molecule has 1 aliphatic rings. The lowest BCUT2D eigenvalue weighted by Gasteiger charge is -2.30. The van der Waals surface area contributed by atoms with Crippen molar-refractivity contribution < 1.29 is 18.8 Å². The summed E-state index contributed by atoms with van der Waals surface area (Å²) in [6.07, 6.45) is 1.62. The number of nitrogens with zero attached hydrogens (tertiary/aromatic N) is 3. The van der Waals surface area contributed by atoms with Gasteiger partial charge in [-0.2, -0.15) is 4.98 Å². The van der Waals surface area contributed by atoms with Gasteiger partial charge in [0, 0.05) is 17.7 Å². The molecule has 0 N–H and O–H groups in total. The van der Waals surface area contributed by atoms with E-state index in [9.17, 15) is 4.79 Å². The van der Waals surface area contributed by atoms with Gasteiger partial charge in [-0.25, -0.2) is 0 Å². The first kappa shape index (κ1) is 24.0. The minimum atomic E-state index is -0.113. The van der Waals surface area contributed by atoms with Crippen LogP contribution in [0.5, 0.6) is 11.5 Å². The van der Waals surface area contributed by atoms with E-state index in [1.54, 1.807) is 0 Å². The first-order chi connectivity index (χ1) is 17.6. The number of likely N-dealkylation sites (tertiary alicyclic amines) is 1. The van der Waals surface area contributed by atoms with Gasteiger partial charge in [0.2, 0.25) is 5.82 Å². The average molecular weight is 504 g/mol. The summed E-state index contributed by atoms with van der Waals surface area (Å²) in [5.74, 6) is 2.22. The third-order valence-corrected chi connectivity index (χ3v) is 6.62. The summed E-state index contributed by atoms with van der Waals surface area (Å²) in [6, 6.07) is 23.0. The fourth-order valence-corrected chi connectivity index (χ4v) is 4.62. The SMILES string of the molecule is COC(=O)C1CCN(Cc2ccc(-c3noc(-c4ccc(Oc5ccccc5)cc4)n3)c(Cl)c2)CC1. The number of ether oxygens (including phenoxy) is 2. The molecule has 0 bridgehead atoms. The van der Waals surface area contributed by atoms with Gasteiger partial charge < -0.3 is 14.0 Å². The normalized spacial score (nSPS) is 14.5. The zero-order valence-corrected chi connectivity index (χ0v) is 20.6. The standard InChI is InChI=1S/C28H26ClN3O4/c1-34-28(33)21-13-15-32(16-14-21)18-19-7-12-24(25(29)17-19)26-30-27(36-31-26)20-8-10-23(11-9-20)35-22-5-3-2-4-6-22/h2-12,17,21H,13-16,18H2,1H3. The lowest BCUT2D eigenvalue weighted by Crippen LogP contribution is -2.36. The van der Waals surface area contributed by atoms with Crippen LogP contribution in [0.3, 0.4) is 0 Å². The second kappa shape index (κ2) is 10.9. The molecule has 0 spiro atoms. The van der Waals surface area contributed by atoms with E-state index in [4.69, 9.17) is 25.6 Å². The Balaban J connectivity index is 1.22. The van der Waals surface area contributed by atoms with E-state index in [1.807, 2.05) is 72.8 Å². The van der Waals surface area contributed by atoms with Crippen LogP contribution in [0.15, 0.2) is 77.3 Å². The maximum absolute atomic E-state index is 11.7. The molecule has 2 heterocycles. The van der Waals surface area contributed by atoms with Crippen LogP contribution < -0.4 is 4.74 Å². The van der Waals surface area contributed by atoms with E-state index in [-0.39, 0.29) is 11.9 Å². The molecule has 0 radical (unpaired) electrons. The molecule has 1 saturated heterocycles. The van der Waals surface area contributed by atoms with Gasteiger partial charge in [0.05, 0.1) is 18.1 Å². The fraction of sp³-hybridized carbons (Fsp3) is 0.250. The van der Waals surface area contributed by atoms with Crippen molar-refractivity contribution in [3.05, 3.63) is 83.4 Å². The number of carbonyl (C=O) groups excluding carboxylic acids is 1. The summed E-state index contributed by atoms with van der Waals surface area (Å²) >= 11 is 6.60. The highest BCUT2D eigenvalue weighted by Gasteiger charge is 2.25. The molecule has 3 aromatic carbocycles. The van der Waals surface area contributed by atoms with E-state index in [0.717, 1.165) is 55.1 Å². The monoisotopic (exact) mass is 503 g/mol. The molecule has 1 fully saturated rings. The van der Waals surface area contributed by atoms with Gasteiger partial charge in [0.1, 0.15) is 11.5 Å². The highest BCUT2D eigenvalue weighted by molar-refractivity contribution is 6.33. The van der Waals surface area contributed by atoms with Crippen LogP contribution >= 0.6 is 11.6 Å². The Hall–Kier alpha value is -3.68. The summed E-state index contributed by atoms with van der Waals surface area (Å²) in [4.78, 5) is 18.6. The van der Waals surface area contributed by atoms with Gasteiger partial charge in [-0.3, -0.25) is 9.69 Å². The van der Waals surface area contributed by atoms with Crippen molar-refractivity contribution in [3.63, 3.8) is 0 Å². The van der Waals surface area contributed by atoms with Crippen LogP contribution in [-0.2, 0) is 16.1 Å². The molecule has 36 heavy (non-hydrogen) atoms. The predicted octanol–water partition coefficient (Wildman–Crippen LogP) is 6.23. The molecule has 7 nitrogen and oxygen atoms in total.